The standard InChI is InChI=1S/C25H20N6O3/c1-28-14-26-12-22(28)24-27-18-10-15(23-9-6-17(13-32)34-23)4-7-19(18)31(24)16-5-8-20-21(11-16)30(3)25(33)29(20)2/h4-14H,1-3H3. The molecule has 0 atom stereocenters. The van der Waals surface area contributed by atoms with Gasteiger partial charge in [-0.3, -0.25) is 18.5 Å². The van der Waals surface area contributed by atoms with Crippen LogP contribution in [0.3, 0.4) is 0 Å². The van der Waals surface area contributed by atoms with Gasteiger partial charge in [0.05, 0.1) is 34.6 Å². The van der Waals surface area contributed by atoms with Crippen molar-refractivity contribution in [1.29, 1.82) is 0 Å². The third-order valence-corrected chi connectivity index (χ3v) is 6.24. The highest BCUT2D eigenvalue weighted by Crippen LogP contribution is 2.32. The Morgan fingerprint density at radius 3 is 2.44 bits per heavy atom. The van der Waals surface area contributed by atoms with Crippen LogP contribution in [0.5, 0.6) is 0 Å². The number of benzene rings is 2. The SMILES string of the molecule is Cn1cncc1-c1nc2cc(-c3ccc(C=O)o3)ccc2n1-c1ccc2c(c1)n(C)c(=O)n2C. The lowest BCUT2D eigenvalue weighted by Gasteiger charge is -2.11. The van der Waals surface area contributed by atoms with Gasteiger partial charge in [-0.2, -0.15) is 0 Å². The minimum Gasteiger partial charge on any atom is -0.453 e. The van der Waals surface area contributed by atoms with Crippen LogP contribution in [0.2, 0.25) is 0 Å². The van der Waals surface area contributed by atoms with Crippen molar-refractivity contribution >= 4 is 28.4 Å². The molecule has 0 saturated heterocycles. The number of carbonyl (C=O) groups is 1. The molecule has 34 heavy (non-hydrogen) atoms. The average Bonchev–Trinajstić information content (AvgIpc) is 3.62. The van der Waals surface area contributed by atoms with E-state index in [4.69, 9.17) is 9.40 Å². The van der Waals surface area contributed by atoms with E-state index in [1.54, 1.807) is 47.9 Å². The van der Waals surface area contributed by atoms with Gasteiger partial charge in [0.15, 0.2) is 17.9 Å². The zero-order chi connectivity index (χ0) is 23.6. The van der Waals surface area contributed by atoms with Crippen LogP contribution in [0.25, 0.3) is 50.6 Å². The van der Waals surface area contributed by atoms with E-state index < -0.39 is 0 Å². The zero-order valence-electron chi connectivity index (χ0n) is 18.8. The van der Waals surface area contributed by atoms with E-state index >= 15 is 0 Å². The fourth-order valence-corrected chi connectivity index (χ4v) is 4.44. The molecule has 168 valence electrons. The summed E-state index contributed by atoms with van der Waals surface area (Å²) in [5, 5.41) is 0. The van der Waals surface area contributed by atoms with Gasteiger partial charge in [0.2, 0.25) is 0 Å². The Labute approximate surface area is 193 Å². The molecule has 0 bridgehead atoms. The Kier molecular flexibility index (Phi) is 4.22. The third kappa shape index (κ3) is 2.80. The third-order valence-electron chi connectivity index (χ3n) is 6.24. The first kappa shape index (κ1) is 20.0. The summed E-state index contributed by atoms with van der Waals surface area (Å²) in [6, 6.07) is 15.2. The van der Waals surface area contributed by atoms with Crippen LogP contribution in [-0.4, -0.2) is 34.5 Å². The van der Waals surface area contributed by atoms with Gasteiger partial charge in [-0.05, 0) is 48.5 Å². The number of rotatable bonds is 4. The molecule has 0 spiro atoms. The van der Waals surface area contributed by atoms with Crippen LogP contribution < -0.4 is 5.69 Å². The zero-order valence-corrected chi connectivity index (χ0v) is 18.8. The number of hydrogen-bond acceptors (Lipinski definition) is 5. The van der Waals surface area contributed by atoms with Crippen LogP contribution in [0.4, 0.5) is 0 Å². The number of furan rings is 1. The first-order valence-corrected chi connectivity index (χ1v) is 10.7. The smallest absolute Gasteiger partial charge is 0.328 e. The molecule has 0 aliphatic rings. The van der Waals surface area contributed by atoms with E-state index in [-0.39, 0.29) is 11.4 Å². The predicted octanol–water partition coefficient (Wildman–Crippen LogP) is 3.69. The summed E-state index contributed by atoms with van der Waals surface area (Å²) in [4.78, 5) is 32.7. The van der Waals surface area contributed by atoms with Gasteiger partial charge in [0.25, 0.3) is 0 Å². The normalized spacial score (nSPS) is 11.6. The monoisotopic (exact) mass is 452 g/mol. The van der Waals surface area contributed by atoms with E-state index in [1.165, 1.54) is 0 Å². The second kappa shape index (κ2) is 7.17. The van der Waals surface area contributed by atoms with Crippen molar-refractivity contribution < 1.29 is 9.21 Å². The molecule has 0 aliphatic carbocycles. The number of aromatic nitrogens is 6. The summed E-state index contributed by atoms with van der Waals surface area (Å²) in [6.07, 6.45) is 4.20. The summed E-state index contributed by atoms with van der Waals surface area (Å²) in [5.74, 6) is 1.60. The fraction of sp³-hybridized carbons (Fsp3) is 0.120. The molecule has 0 unspecified atom stereocenters. The van der Waals surface area contributed by atoms with Crippen LogP contribution in [0, 0.1) is 0 Å². The van der Waals surface area contributed by atoms with Gasteiger partial charge >= 0.3 is 5.69 Å². The first-order chi connectivity index (χ1) is 16.5. The van der Waals surface area contributed by atoms with Crippen molar-refractivity contribution in [3.05, 3.63) is 77.3 Å². The first-order valence-electron chi connectivity index (χ1n) is 10.7. The fourth-order valence-electron chi connectivity index (χ4n) is 4.44. The Bertz CT molecular complexity index is 1790. The lowest BCUT2D eigenvalue weighted by atomic mass is 10.1. The summed E-state index contributed by atoms with van der Waals surface area (Å²) in [5.41, 5.74) is 5.81. The molecule has 0 saturated carbocycles. The Balaban J connectivity index is 1.62. The molecule has 0 radical (unpaired) electrons. The van der Waals surface area contributed by atoms with Crippen LogP contribution in [0.1, 0.15) is 10.6 Å². The van der Waals surface area contributed by atoms with Gasteiger partial charge in [-0.1, -0.05) is 0 Å². The van der Waals surface area contributed by atoms with Gasteiger partial charge in [-0.25, -0.2) is 14.8 Å². The topological polar surface area (TPSA) is 92.8 Å². The van der Waals surface area contributed by atoms with Crippen molar-refractivity contribution in [1.82, 2.24) is 28.2 Å². The van der Waals surface area contributed by atoms with E-state index in [0.29, 0.717) is 12.0 Å². The maximum atomic E-state index is 12.5. The molecule has 6 rings (SSSR count). The molecule has 0 N–H and O–H groups in total. The van der Waals surface area contributed by atoms with Gasteiger partial charge in [0.1, 0.15) is 11.5 Å². The summed E-state index contributed by atoms with van der Waals surface area (Å²) < 4.78 is 12.9. The number of carbonyl (C=O) groups excluding carboxylic acids is 1. The number of aryl methyl sites for hydroxylation is 3. The van der Waals surface area contributed by atoms with Gasteiger partial charge < -0.3 is 8.98 Å². The Morgan fingerprint density at radius 1 is 0.912 bits per heavy atom. The summed E-state index contributed by atoms with van der Waals surface area (Å²) in [6.45, 7) is 0. The van der Waals surface area contributed by atoms with Gasteiger partial charge in [0, 0.05) is 32.4 Å². The number of hydrogen-bond donors (Lipinski definition) is 0. The summed E-state index contributed by atoms with van der Waals surface area (Å²) >= 11 is 0. The van der Waals surface area contributed by atoms with E-state index in [1.807, 2.05) is 48.0 Å². The molecular weight excluding hydrogens is 432 g/mol. The maximum Gasteiger partial charge on any atom is 0.328 e. The molecule has 9 nitrogen and oxygen atoms in total. The van der Waals surface area contributed by atoms with Crippen molar-refractivity contribution in [2.24, 2.45) is 21.1 Å². The van der Waals surface area contributed by atoms with E-state index in [9.17, 15) is 9.59 Å². The molecule has 0 fully saturated rings. The highest BCUT2D eigenvalue weighted by molar-refractivity contribution is 5.88. The van der Waals surface area contributed by atoms with Crippen molar-refractivity contribution in [3.8, 4) is 28.5 Å². The Morgan fingerprint density at radius 2 is 1.71 bits per heavy atom. The number of fused-ring (bicyclic) bond motifs is 2. The lowest BCUT2D eigenvalue weighted by Crippen LogP contribution is -2.19. The van der Waals surface area contributed by atoms with E-state index in [2.05, 4.69) is 9.55 Å². The predicted molar refractivity (Wildman–Crippen MR) is 128 cm³/mol. The molecule has 2 aromatic carbocycles. The van der Waals surface area contributed by atoms with Crippen molar-refractivity contribution in [3.63, 3.8) is 0 Å². The second-order valence-corrected chi connectivity index (χ2v) is 8.26. The molecular formula is C25H20N6O3. The van der Waals surface area contributed by atoms with Crippen LogP contribution >= 0.6 is 0 Å². The molecule has 0 aliphatic heterocycles. The van der Waals surface area contributed by atoms with Gasteiger partial charge in [-0.15, -0.1) is 0 Å². The average molecular weight is 452 g/mol. The lowest BCUT2D eigenvalue weighted by molar-refractivity contribution is 0.110. The molecule has 4 heterocycles. The number of aldehydes is 1. The van der Waals surface area contributed by atoms with Crippen molar-refractivity contribution in [2.75, 3.05) is 0 Å². The van der Waals surface area contributed by atoms with Crippen LogP contribution in [-0.2, 0) is 21.1 Å². The van der Waals surface area contributed by atoms with Crippen LogP contribution in [0.15, 0.2) is 70.3 Å². The largest absolute Gasteiger partial charge is 0.453 e. The Hall–Kier alpha value is -4.66. The molecule has 4 aromatic heterocycles. The molecule has 0 amide bonds. The van der Waals surface area contributed by atoms with Crippen molar-refractivity contribution in [2.45, 2.75) is 0 Å². The minimum absolute atomic E-state index is 0.0766. The quantitative estimate of drug-likeness (QED) is 0.381. The molecule has 6 aromatic rings. The minimum atomic E-state index is -0.0766. The molecule has 9 heteroatoms. The highest BCUT2D eigenvalue weighted by Gasteiger charge is 2.19. The number of imidazole rings is 3. The maximum absolute atomic E-state index is 12.5. The summed E-state index contributed by atoms with van der Waals surface area (Å²) in [7, 11) is 5.46. The number of nitrogens with zero attached hydrogens (tertiary/aromatic N) is 6. The second-order valence-electron chi connectivity index (χ2n) is 8.26. The highest BCUT2D eigenvalue weighted by atomic mass is 16.3. The van der Waals surface area contributed by atoms with E-state index in [0.717, 1.165) is 44.8 Å².